The first kappa shape index (κ1) is 15.8. The highest BCUT2D eigenvalue weighted by atomic mass is 79.9. The molecule has 0 atom stereocenters. The molecule has 0 aliphatic rings. The maximum absolute atomic E-state index is 11.1. The number of nitrogens with one attached hydrogen (secondary N) is 2. The monoisotopic (exact) mass is 370 g/mol. The Morgan fingerprint density at radius 1 is 1.38 bits per heavy atom. The van der Waals surface area contributed by atoms with Crippen LogP contribution in [0, 0.1) is 0 Å². The third kappa shape index (κ3) is 4.45. The Morgan fingerprint density at radius 3 is 2.76 bits per heavy atom. The first-order chi connectivity index (χ1) is 10.1. The number of nitrogens with zero attached hydrogens (tertiary/aromatic N) is 3. The van der Waals surface area contributed by atoms with Crippen LogP contribution >= 0.6 is 27.7 Å². The van der Waals surface area contributed by atoms with Crippen LogP contribution in [0.15, 0.2) is 33.9 Å². The minimum atomic E-state index is -0.252. The number of thioether (sulfide) groups is 1. The van der Waals surface area contributed by atoms with Gasteiger partial charge in [-0.25, -0.2) is 5.84 Å². The Balaban J connectivity index is 1.93. The molecule has 1 heterocycles. The number of aromatic nitrogens is 3. The Morgan fingerprint density at radius 2 is 2.10 bits per heavy atom. The standard InChI is InChI=1S/C12H15BrN6OS/c1-19-10(6-15-9-4-2-8(13)3-5-9)17-18-12(19)21-7-11(20)16-14/h2-5,15H,6-7,14H2,1H3,(H,16,20). The highest BCUT2D eigenvalue weighted by Gasteiger charge is 2.10. The average Bonchev–Trinajstić information content (AvgIpc) is 2.85. The Bertz CT molecular complexity index is 615. The van der Waals surface area contributed by atoms with Gasteiger partial charge in [0.1, 0.15) is 0 Å². The fraction of sp³-hybridized carbons (Fsp3) is 0.250. The Hall–Kier alpha value is -1.58. The van der Waals surface area contributed by atoms with Gasteiger partial charge in [0.05, 0.1) is 12.3 Å². The van der Waals surface area contributed by atoms with Crippen molar-refractivity contribution in [3.8, 4) is 0 Å². The van der Waals surface area contributed by atoms with E-state index in [1.165, 1.54) is 11.8 Å². The molecule has 0 saturated heterocycles. The molecule has 0 bridgehead atoms. The van der Waals surface area contributed by atoms with Crippen molar-refractivity contribution >= 4 is 39.3 Å². The van der Waals surface area contributed by atoms with Gasteiger partial charge < -0.3 is 9.88 Å². The molecule has 1 aromatic heterocycles. The zero-order valence-corrected chi connectivity index (χ0v) is 13.7. The number of anilines is 1. The number of carbonyl (C=O) groups excluding carboxylic acids is 1. The summed E-state index contributed by atoms with van der Waals surface area (Å²) in [5, 5.41) is 12.1. The maximum Gasteiger partial charge on any atom is 0.244 e. The van der Waals surface area contributed by atoms with E-state index >= 15 is 0 Å². The zero-order valence-electron chi connectivity index (χ0n) is 11.3. The molecule has 112 valence electrons. The Labute approximate surface area is 134 Å². The third-order valence-electron chi connectivity index (χ3n) is 2.71. The second-order valence-electron chi connectivity index (χ2n) is 4.17. The van der Waals surface area contributed by atoms with Gasteiger partial charge in [-0.1, -0.05) is 27.7 Å². The fourth-order valence-corrected chi connectivity index (χ4v) is 2.55. The molecule has 21 heavy (non-hydrogen) atoms. The summed E-state index contributed by atoms with van der Waals surface area (Å²) in [4.78, 5) is 11.1. The number of hydrogen-bond donors (Lipinski definition) is 3. The van der Waals surface area contributed by atoms with Gasteiger partial charge in [0.15, 0.2) is 11.0 Å². The molecule has 0 aliphatic heterocycles. The van der Waals surface area contributed by atoms with Crippen molar-refractivity contribution in [3.63, 3.8) is 0 Å². The van der Waals surface area contributed by atoms with E-state index in [2.05, 4.69) is 36.9 Å². The summed E-state index contributed by atoms with van der Waals surface area (Å²) in [6, 6.07) is 7.88. The normalized spacial score (nSPS) is 10.4. The average molecular weight is 371 g/mol. The summed E-state index contributed by atoms with van der Waals surface area (Å²) >= 11 is 4.68. The maximum atomic E-state index is 11.1. The van der Waals surface area contributed by atoms with Gasteiger partial charge in [-0.15, -0.1) is 10.2 Å². The minimum absolute atomic E-state index is 0.211. The number of amides is 1. The molecule has 2 rings (SSSR count). The van der Waals surface area contributed by atoms with Crippen molar-refractivity contribution in [2.75, 3.05) is 11.1 Å². The highest BCUT2D eigenvalue weighted by Crippen LogP contribution is 2.17. The van der Waals surface area contributed by atoms with Crippen LogP contribution in [0.5, 0.6) is 0 Å². The molecular weight excluding hydrogens is 356 g/mol. The number of hydrogen-bond acceptors (Lipinski definition) is 6. The van der Waals surface area contributed by atoms with E-state index in [0.717, 1.165) is 16.0 Å². The zero-order chi connectivity index (χ0) is 15.2. The fourth-order valence-electron chi connectivity index (χ4n) is 1.55. The quantitative estimate of drug-likeness (QED) is 0.306. The highest BCUT2D eigenvalue weighted by molar-refractivity contribution is 9.10. The number of rotatable bonds is 6. The first-order valence-electron chi connectivity index (χ1n) is 6.10. The summed E-state index contributed by atoms with van der Waals surface area (Å²) in [6.07, 6.45) is 0. The summed E-state index contributed by atoms with van der Waals surface area (Å²) in [6.45, 7) is 0.550. The van der Waals surface area contributed by atoms with Crippen LogP contribution in [0.25, 0.3) is 0 Å². The van der Waals surface area contributed by atoms with Crippen molar-refractivity contribution in [1.29, 1.82) is 0 Å². The van der Waals surface area contributed by atoms with E-state index in [4.69, 9.17) is 5.84 Å². The SMILES string of the molecule is Cn1c(CNc2ccc(Br)cc2)nnc1SCC(=O)NN. The number of nitrogens with two attached hydrogens (primary N) is 1. The number of hydrazine groups is 1. The van der Waals surface area contributed by atoms with E-state index in [1.54, 1.807) is 0 Å². The van der Waals surface area contributed by atoms with Gasteiger partial charge in [-0.05, 0) is 24.3 Å². The molecule has 0 aliphatic carbocycles. The molecule has 0 saturated carbocycles. The van der Waals surface area contributed by atoms with Crippen LogP contribution in [0.1, 0.15) is 5.82 Å². The van der Waals surface area contributed by atoms with Gasteiger partial charge in [-0.3, -0.25) is 10.2 Å². The lowest BCUT2D eigenvalue weighted by Gasteiger charge is -2.06. The molecule has 0 radical (unpaired) electrons. The second-order valence-corrected chi connectivity index (χ2v) is 6.03. The second kappa shape index (κ2) is 7.43. The summed E-state index contributed by atoms with van der Waals surface area (Å²) in [5.41, 5.74) is 3.08. The largest absolute Gasteiger partial charge is 0.378 e. The molecule has 0 spiro atoms. The van der Waals surface area contributed by atoms with Crippen LogP contribution in [0.4, 0.5) is 5.69 Å². The molecule has 1 amide bonds. The van der Waals surface area contributed by atoms with E-state index < -0.39 is 0 Å². The molecule has 1 aromatic carbocycles. The summed E-state index contributed by atoms with van der Waals surface area (Å²) in [7, 11) is 1.86. The third-order valence-corrected chi connectivity index (χ3v) is 4.26. The topological polar surface area (TPSA) is 97.9 Å². The Kier molecular flexibility index (Phi) is 5.59. The molecule has 9 heteroatoms. The first-order valence-corrected chi connectivity index (χ1v) is 7.88. The smallest absolute Gasteiger partial charge is 0.244 e. The van der Waals surface area contributed by atoms with Crippen molar-refractivity contribution < 1.29 is 4.79 Å². The van der Waals surface area contributed by atoms with E-state index in [9.17, 15) is 4.79 Å². The van der Waals surface area contributed by atoms with Crippen LogP contribution in [0.3, 0.4) is 0 Å². The van der Waals surface area contributed by atoms with Gasteiger partial charge in [0.2, 0.25) is 5.91 Å². The predicted molar refractivity (Wildman–Crippen MR) is 85.5 cm³/mol. The molecule has 0 unspecified atom stereocenters. The van der Waals surface area contributed by atoms with Crippen LogP contribution in [0.2, 0.25) is 0 Å². The van der Waals surface area contributed by atoms with Crippen molar-refractivity contribution in [2.24, 2.45) is 12.9 Å². The lowest BCUT2D eigenvalue weighted by atomic mass is 10.3. The summed E-state index contributed by atoms with van der Waals surface area (Å²) < 4.78 is 2.88. The molecular formula is C12H15BrN6OS. The van der Waals surface area contributed by atoms with Crippen molar-refractivity contribution in [2.45, 2.75) is 11.7 Å². The number of halogens is 1. The molecule has 0 fully saturated rings. The van der Waals surface area contributed by atoms with Gasteiger partial charge >= 0.3 is 0 Å². The van der Waals surface area contributed by atoms with Crippen molar-refractivity contribution in [1.82, 2.24) is 20.2 Å². The van der Waals surface area contributed by atoms with Crippen LogP contribution < -0.4 is 16.6 Å². The summed E-state index contributed by atoms with van der Waals surface area (Å²) in [5.74, 6) is 5.78. The molecule has 4 N–H and O–H groups in total. The van der Waals surface area contributed by atoms with Crippen molar-refractivity contribution in [3.05, 3.63) is 34.6 Å². The van der Waals surface area contributed by atoms with E-state index in [0.29, 0.717) is 11.7 Å². The number of benzene rings is 1. The van der Waals surface area contributed by atoms with E-state index in [-0.39, 0.29) is 11.7 Å². The lowest BCUT2D eigenvalue weighted by Crippen LogP contribution is -2.31. The minimum Gasteiger partial charge on any atom is -0.378 e. The van der Waals surface area contributed by atoms with Crippen LogP contribution in [-0.4, -0.2) is 26.4 Å². The van der Waals surface area contributed by atoms with Crippen LogP contribution in [-0.2, 0) is 18.4 Å². The van der Waals surface area contributed by atoms with Gasteiger partial charge in [0, 0.05) is 17.2 Å². The number of carbonyl (C=O) groups is 1. The molecule has 7 nitrogen and oxygen atoms in total. The van der Waals surface area contributed by atoms with Gasteiger partial charge in [-0.2, -0.15) is 0 Å². The predicted octanol–water partition coefficient (Wildman–Crippen LogP) is 1.27. The molecule has 2 aromatic rings. The van der Waals surface area contributed by atoms with E-state index in [1.807, 2.05) is 35.9 Å². The lowest BCUT2D eigenvalue weighted by molar-refractivity contribution is -0.118. The van der Waals surface area contributed by atoms with Gasteiger partial charge in [0.25, 0.3) is 0 Å².